The van der Waals surface area contributed by atoms with Gasteiger partial charge in [0.2, 0.25) is 0 Å². The Hall–Kier alpha value is -2.44. The van der Waals surface area contributed by atoms with Crippen LogP contribution in [-0.2, 0) is 0 Å². The van der Waals surface area contributed by atoms with Crippen molar-refractivity contribution in [3.05, 3.63) is 42.6 Å². The average Bonchev–Trinajstić information content (AvgIpc) is 2.37. The first-order chi connectivity index (χ1) is 9.46. The van der Waals surface area contributed by atoms with Gasteiger partial charge in [-0.05, 0) is 18.2 Å². The summed E-state index contributed by atoms with van der Waals surface area (Å²) >= 11 is 0. The molecule has 2 N–H and O–H groups in total. The van der Waals surface area contributed by atoms with Gasteiger partial charge in [0.25, 0.3) is 0 Å². The highest BCUT2D eigenvalue weighted by atomic mass is 19.4. The van der Waals surface area contributed by atoms with Crippen LogP contribution in [0.3, 0.4) is 0 Å². The molecule has 0 atom stereocenters. The zero-order valence-electron chi connectivity index (χ0n) is 10.5. The third kappa shape index (κ3) is 4.04. The maximum Gasteiger partial charge on any atom is 0.573 e. The summed E-state index contributed by atoms with van der Waals surface area (Å²) in [5.41, 5.74) is 1.19. The Morgan fingerprint density at radius 1 is 1.10 bits per heavy atom. The van der Waals surface area contributed by atoms with Gasteiger partial charge >= 0.3 is 6.36 Å². The molecule has 2 aromatic rings. The molecule has 0 aliphatic heterocycles. The van der Waals surface area contributed by atoms with Gasteiger partial charge in [-0.3, -0.25) is 0 Å². The van der Waals surface area contributed by atoms with Crippen molar-refractivity contribution in [1.82, 2.24) is 4.98 Å². The number of benzene rings is 1. The predicted octanol–water partition coefficient (Wildman–Crippen LogP) is 3.77. The van der Waals surface area contributed by atoms with E-state index in [0.717, 1.165) is 0 Å². The van der Waals surface area contributed by atoms with E-state index in [4.69, 9.17) is 0 Å². The first-order valence-electron chi connectivity index (χ1n) is 5.73. The van der Waals surface area contributed by atoms with E-state index < -0.39 is 6.36 Å². The Labute approximate surface area is 113 Å². The van der Waals surface area contributed by atoms with Crippen LogP contribution in [0.4, 0.5) is 30.4 Å². The quantitative estimate of drug-likeness (QED) is 0.896. The molecule has 0 spiro atoms. The molecule has 0 saturated carbocycles. The third-order valence-electron chi connectivity index (χ3n) is 2.37. The van der Waals surface area contributed by atoms with Gasteiger partial charge in [-0.1, -0.05) is 6.07 Å². The first kappa shape index (κ1) is 14.0. The third-order valence-corrected chi connectivity index (χ3v) is 2.37. The summed E-state index contributed by atoms with van der Waals surface area (Å²) in [7, 11) is 1.73. The molecule has 7 heteroatoms. The second-order valence-corrected chi connectivity index (χ2v) is 3.88. The fraction of sp³-hybridized carbons (Fsp3) is 0.154. The van der Waals surface area contributed by atoms with Crippen LogP contribution in [0, 0.1) is 0 Å². The van der Waals surface area contributed by atoms with E-state index in [1.165, 1.54) is 18.2 Å². The van der Waals surface area contributed by atoms with Gasteiger partial charge in [-0.25, -0.2) is 4.98 Å². The summed E-state index contributed by atoms with van der Waals surface area (Å²) in [6, 6.07) is 9.07. The highest BCUT2D eigenvalue weighted by Gasteiger charge is 2.31. The average molecular weight is 283 g/mol. The minimum atomic E-state index is -4.70. The van der Waals surface area contributed by atoms with E-state index in [9.17, 15) is 13.2 Å². The molecule has 0 saturated heterocycles. The number of anilines is 3. The molecular formula is C13H12F3N3O. The molecule has 0 aliphatic rings. The summed E-state index contributed by atoms with van der Waals surface area (Å²) in [6.45, 7) is 0. The highest BCUT2D eigenvalue weighted by Crippen LogP contribution is 2.26. The van der Waals surface area contributed by atoms with Crippen LogP contribution in [0.25, 0.3) is 0 Å². The lowest BCUT2D eigenvalue weighted by atomic mass is 10.3. The van der Waals surface area contributed by atoms with Crippen molar-refractivity contribution < 1.29 is 17.9 Å². The SMILES string of the molecule is CNc1cc(Nc2cccc(OC(F)(F)F)c2)ccn1. The largest absolute Gasteiger partial charge is 0.573 e. The maximum absolute atomic E-state index is 12.1. The summed E-state index contributed by atoms with van der Waals surface area (Å²) in [5, 5.41) is 5.85. The van der Waals surface area contributed by atoms with Gasteiger partial charge in [0.15, 0.2) is 0 Å². The summed E-state index contributed by atoms with van der Waals surface area (Å²) < 4.78 is 40.3. The van der Waals surface area contributed by atoms with Crippen LogP contribution in [0.5, 0.6) is 5.75 Å². The molecule has 20 heavy (non-hydrogen) atoms. The van der Waals surface area contributed by atoms with Crippen molar-refractivity contribution in [2.75, 3.05) is 17.7 Å². The van der Waals surface area contributed by atoms with Crippen molar-refractivity contribution >= 4 is 17.2 Å². The van der Waals surface area contributed by atoms with Crippen LogP contribution in [-0.4, -0.2) is 18.4 Å². The molecule has 1 heterocycles. The Morgan fingerprint density at radius 3 is 2.55 bits per heavy atom. The number of ether oxygens (including phenoxy) is 1. The van der Waals surface area contributed by atoms with E-state index in [1.54, 1.807) is 31.4 Å². The Balaban J connectivity index is 2.15. The summed E-state index contributed by atoms with van der Waals surface area (Å²) in [6.07, 6.45) is -3.11. The highest BCUT2D eigenvalue weighted by molar-refractivity contribution is 5.63. The van der Waals surface area contributed by atoms with Crippen LogP contribution < -0.4 is 15.4 Å². The number of rotatable bonds is 4. The number of pyridine rings is 1. The molecule has 1 aromatic carbocycles. The Morgan fingerprint density at radius 2 is 1.85 bits per heavy atom. The van der Waals surface area contributed by atoms with E-state index in [0.29, 0.717) is 17.2 Å². The minimum Gasteiger partial charge on any atom is -0.406 e. The molecule has 0 radical (unpaired) electrons. The lowest BCUT2D eigenvalue weighted by Crippen LogP contribution is -2.17. The number of alkyl halides is 3. The molecule has 0 bridgehead atoms. The first-order valence-corrected chi connectivity index (χ1v) is 5.73. The molecule has 2 rings (SSSR count). The van der Waals surface area contributed by atoms with Crippen LogP contribution >= 0.6 is 0 Å². The van der Waals surface area contributed by atoms with Gasteiger partial charge in [0.05, 0.1) is 0 Å². The van der Waals surface area contributed by atoms with Crippen molar-refractivity contribution in [3.8, 4) is 5.75 Å². The number of nitrogens with one attached hydrogen (secondary N) is 2. The standard InChI is InChI=1S/C13H12F3N3O/c1-17-12-8-10(5-6-18-12)19-9-3-2-4-11(7-9)20-13(14,15)16/h2-8H,1H3,(H2,17,18,19). The van der Waals surface area contributed by atoms with Crippen LogP contribution in [0.15, 0.2) is 42.6 Å². The zero-order chi connectivity index (χ0) is 14.6. The fourth-order valence-corrected chi connectivity index (χ4v) is 1.58. The number of halogens is 3. The van der Waals surface area contributed by atoms with Gasteiger partial charge in [0.1, 0.15) is 11.6 Å². The lowest BCUT2D eigenvalue weighted by Gasteiger charge is -2.11. The monoisotopic (exact) mass is 283 g/mol. The predicted molar refractivity (Wildman–Crippen MR) is 70.2 cm³/mol. The van der Waals surface area contributed by atoms with E-state index >= 15 is 0 Å². The van der Waals surface area contributed by atoms with Gasteiger partial charge in [-0.2, -0.15) is 0 Å². The molecule has 4 nitrogen and oxygen atoms in total. The van der Waals surface area contributed by atoms with Gasteiger partial charge in [0, 0.05) is 36.8 Å². The molecule has 106 valence electrons. The van der Waals surface area contributed by atoms with Crippen molar-refractivity contribution in [2.45, 2.75) is 6.36 Å². The second-order valence-electron chi connectivity index (χ2n) is 3.88. The van der Waals surface area contributed by atoms with E-state index in [1.807, 2.05) is 0 Å². The number of hydrogen-bond donors (Lipinski definition) is 2. The molecule has 0 amide bonds. The number of aromatic nitrogens is 1. The van der Waals surface area contributed by atoms with Crippen LogP contribution in [0.2, 0.25) is 0 Å². The fourth-order valence-electron chi connectivity index (χ4n) is 1.58. The second kappa shape index (κ2) is 5.68. The van der Waals surface area contributed by atoms with E-state index in [-0.39, 0.29) is 5.75 Å². The lowest BCUT2D eigenvalue weighted by molar-refractivity contribution is -0.274. The Kier molecular flexibility index (Phi) is 3.97. The van der Waals surface area contributed by atoms with Crippen molar-refractivity contribution in [1.29, 1.82) is 0 Å². The van der Waals surface area contributed by atoms with Gasteiger partial charge < -0.3 is 15.4 Å². The normalized spacial score (nSPS) is 11.0. The summed E-state index contributed by atoms with van der Waals surface area (Å²) in [4.78, 5) is 4.04. The molecule has 0 aliphatic carbocycles. The number of hydrogen-bond acceptors (Lipinski definition) is 4. The molecule has 0 fully saturated rings. The molecular weight excluding hydrogens is 271 g/mol. The molecule has 1 aromatic heterocycles. The topological polar surface area (TPSA) is 46.2 Å². The van der Waals surface area contributed by atoms with Crippen LogP contribution in [0.1, 0.15) is 0 Å². The van der Waals surface area contributed by atoms with Crippen molar-refractivity contribution in [3.63, 3.8) is 0 Å². The summed E-state index contributed by atoms with van der Waals surface area (Å²) in [5.74, 6) is 0.378. The zero-order valence-corrected chi connectivity index (χ0v) is 10.5. The minimum absolute atomic E-state index is 0.273. The van der Waals surface area contributed by atoms with Gasteiger partial charge in [-0.15, -0.1) is 13.2 Å². The maximum atomic E-state index is 12.1. The van der Waals surface area contributed by atoms with E-state index in [2.05, 4.69) is 20.4 Å². The number of nitrogens with zero attached hydrogens (tertiary/aromatic N) is 1. The Bertz CT molecular complexity index is 587. The molecule has 0 unspecified atom stereocenters. The van der Waals surface area contributed by atoms with Crippen molar-refractivity contribution in [2.24, 2.45) is 0 Å². The smallest absolute Gasteiger partial charge is 0.406 e.